The van der Waals surface area contributed by atoms with Crippen LogP contribution in [0.15, 0.2) is 42.7 Å². The minimum atomic E-state index is -3.13. The number of sulfone groups is 1. The normalized spacial score (nSPS) is 12.8. The lowest BCUT2D eigenvalue weighted by Gasteiger charge is -2.24. The average molecular weight is 349 g/mol. The molecule has 6 nitrogen and oxygen atoms in total. The van der Waals surface area contributed by atoms with Gasteiger partial charge in [-0.15, -0.1) is 0 Å². The average Bonchev–Trinajstić information content (AvgIpc) is 3.02. The minimum absolute atomic E-state index is 0.0378. The van der Waals surface area contributed by atoms with Gasteiger partial charge in [-0.05, 0) is 12.5 Å². The van der Waals surface area contributed by atoms with Crippen LogP contribution in [0.3, 0.4) is 0 Å². The first-order chi connectivity index (χ1) is 11.3. The van der Waals surface area contributed by atoms with E-state index < -0.39 is 9.84 Å². The Kier molecular flexibility index (Phi) is 5.77. The van der Waals surface area contributed by atoms with E-state index in [0.717, 1.165) is 5.56 Å². The summed E-state index contributed by atoms with van der Waals surface area (Å²) in [5.74, 6) is -0.189. The van der Waals surface area contributed by atoms with Gasteiger partial charge < -0.3 is 4.90 Å². The molecule has 0 aliphatic carbocycles. The molecule has 1 atom stereocenters. The molecule has 24 heavy (non-hydrogen) atoms. The molecule has 1 heterocycles. The highest BCUT2D eigenvalue weighted by molar-refractivity contribution is 7.91. The zero-order valence-electron chi connectivity index (χ0n) is 14.2. The summed E-state index contributed by atoms with van der Waals surface area (Å²) in [6, 6.07) is 9.45. The summed E-state index contributed by atoms with van der Waals surface area (Å²) in [5.41, 5.74) is 1.55. The molecule has 2 rings (SSSR count). The van der Waals surface area contributed by atoms with Crippen LogP contribution in [0.2, 0.25) is 0 Å². The van der Waals surface area contributed by atoms with Gasteiger partial charge in [0.15, 0.2) is 9.84 Å². The summed E-state index contributed by atoms with van der Waals surface area (Å²) >= 11 is 0. The quantitative estimate of drug-likeness (QED) is 0.764. The molecule has 0 N–H and O–H groups in total. The van der Waals surface area contributed by atoms with Crippen LogP contribution in [-0.4, -0.2) is 53.6 Å². The fraction of sp³-hybridized carbons (Fsp3) is 0.412. The van der Waals surface area contributed by atoms with E-state index in [2.05, 4.69) is 5.10 Å². The second-order valence-electron chi connectivity index (χ2n) is 5.88. The molecule has 1 aromatic heterocycles. The summed E-state index contributed by atoms with van der Waals surface area (Å²) in [7, 11) is -1.51. The third-order valence-corrected chi connectivity index (χ3v) is 5.85. The summed E-state index contributed by atoms with van der Waals surface area (Å²) in [5, 5.41) is 4.22. The van der Waals surface area contributed by atoms with Gasteiger partial charge in [-0.1, -0.05) is 37.3 Å². The Morgan fingerprint density at radius 3 is 2.58 bits per heavy atom. The molecule has 1 aromatic carbocycles. The van der Waals surface area contributed by atoms with Gasteiger partial charge >= 0.3 is 0 Å². The first kappa shape index (κ1) is 18.2. The molecular formula is C17H23N3O3S. The zero-order valence-corrected chi connectivity index (χ0v) is 15.0. The van der Waals surface area contributed by atoms with Gasteiger partial charge in [0.05, 0.1) is 24.1 Å². The molecule has 0 aliphatic rings. The van der Waals surface area contributed by atoms with E-state index >= 15 is 0 Å². The number of aromatic nitrogens is 2. The molecule has 0 radical (unpaired) electrons. The Bertz CT molecular complexity index is 784. The number of carbonyl (C=O) groups excluding carboxylic acids is 1. The monoisotopic (exact) mass is 349 g/mol. The summed E-state index contributed by atoms with van der Waals surface area (Å²) in [6.07, 6.45) is 3.20. The highest BCUT2D eigenvalue weighted by Crippen LogP contribution is 2.10. The smallest absolute Gasteiger partial charge is 0.257 e. The van der Waals surface area contributed by atoms with Gasteiger partial charge in [0.2, 0.25) is 0 Å². The van der Waals surface area contributed by atoms with Crippen molar-refractivity contribution in [2.45, 2.75) is 26.4 Å². The number of nitrogens with zero attached hydrogens (tertiary/aromatic N) is 3. The van der Waals surface area contributed by atoms with E-state index in [-0.39, 0.29) is 23.5 Å². The number of hydrogen-bond donors (Lipinski definition) is 0. The summed E-state index contributed by atoms with van der Waals surface area (Å²) < 4.78 is 25.2. The van der Waals surface area contributed by atoms with Crippen molar-refractivity contribution in [3.8, 4) is 0 Å². The molecule has 0 saturated carbocycles. The minimum Gasteiger partial charge on any atom is -0.338 e. The van der Waals surface area contributed by atoms with Crippen LogP contribution >= 0.6 is 0 Å². The maximum atomic E-state index is 12.5. The van der Waals surface area contributed by atoms with Gasteiger partial charge in [0.1, 0.15) is 0 Å². The van der Waals surface area contributed by atoms with Crippen molar-refractivity contribution in [3.05, 3.63) is 53.9 Å². The lowest BCUT2D eigenvalue weighted by molar-refractivity contribution is 0.0756. The summed E-state index contributed by atoms with van der Waals surface area (Å²) in [4.78, 5) is 14.0. The first-order valence-electron chi connectivity index (χ1n) is 7.86. The lowest BCUT2D eigenvalue weighted by atomic mass is 10.2. The van der Waals surface area contributed by atoms with E-state index in [4.69, 9.17) is 0 Å². The third-order valence-electron chi connectivity index (χ3n) is 3.98. The van der Waals surface area contributed by atoms with Crippen molar-refractivity contribution >= 4 is 15.7 Å². The predicted molar refractivity (Wildman–Crippen MR) is 93.7 cm³/mol. The molecule has 7 heteroatoms. The molecule has 2 aromatic rings. The maximum Gasteiger partial charge on any atom is 0.257 e. The van der Waals surface area contributed by atoms with E-state index in [9.17, 15) is 13.2 Å². The van der Waals surface area contributed by atoms with Gasteiger partial charge in [0.25, 0.3) is 5.91 Å². The van der Waals surface area contributed by atoms with Crippen molar-refractivity contribution in [2.24, 2.45) is 0 Å². The molecule has 0 saturated heterocycles. The number of amides is 1. The summed E-state index contributed by atoms with van der Waals surface area (Å²) in [6.45, 7) is 3.93. The Labute approximate surface area is 143 Å². The standard InChI is InChI=1S/C17H23N3O3S/c1-4-24(22,23)13-14(2)19(3)17(21)16-10-18-20(12-16)11-15-8-6-5-7-9-15/h5-10,12,14H,4,11,13H2,1-3H3. The van der Waals surface area contributed by atoms with E-state index in [0.29, 0.717) is 12.1 Å². The van der Waals surface area contributed by atoms with Crippen molar-refractivity contribution < 1.29 is 13.2 Å². The van der Waals surface area contributed by atoms with Crippen molar-refractivity contribution in [2.75, 3.05) is 18.6 Å². The van der Waals surface area contributed by atoms with Crippen LogP contribution in [0.25, 0.3) is 0 Å². The third kappa shape index (κ3) is 4.67. The Morgan fingerprint density at radius 2 is 1.96 bits per heavy atom. The number of benzene rings is 1. The van der Waals surface area contributed by atoms with Crippen LogP contribution in [0.5, 0.6) is 0 Å². The SMILES string of the molecule is CCS(=O)(=O)CC(C)N(C)C(=O)c1cnn(Cc2ccccc2)c1. The molecule has 0 spiro atoms. The molecule has 0 bridgehead atoms. The van der Waals surface area contributed by atoms with Crippen molar-refractivity contribution in [1.29, 1.82) is 0 Å². The van der Waals surface area contributed by atoms with Crippen molar-refractivity contribution in [1.82, 2.24) is 14.7 Å². The molecule has 1 unspecified atom stereocenters. The van der Waals surface area contributed by atoms with Crippen LogP contribution in [0.1, 0.15) is 29.8 Å². The molecule has 0 fully saturated rings. The fourth-order valence-corrected chi connectivity index (χ4v) is 3.53. The second kappa shape index (κ2) is 7.61. The van der Waals surface area contributed by atoms with E-state index in [1.807, 2.05) is 30.3 Å². The number of hydrogen-bond acceptors (Lipinski definition) is 4. The fourth-order valence-electron chi connectivity index (χ4n) is 2.33. The number of carbonyl (C=O) groups is 1. The Balaban J connectivity index is 2.04. The van der Waals surface area contributed by atoms with Gasteiger partial charge in [-0.25, -0.2) is 8.42 Å². The lowest BCUT2D eigenvalue weighted by Crippen LogP contribution is -2.39. The van der Waals surface area contributed by atoms with Crippen LogP contribution in [-0.2, 0) is 16.4 Å². The first-order valence-corrected chi connectivity index (χ1v) is 9.68. The molecule has 0 aliphatic heterocycles. The molecule has 130 valence electrons. The second-order valence-corrected chi connectivity index (χ2v) is 8.27. The highest BCUT2D eigenvalue weighted by atomic mass is 32.2. The van der Waals surface area contributed by atoms with Gasteiger partial charge in [-0.2, -0.15) is 5.10 Å². The van der Waals surface area contributed by atoms with Crippen LogP contribution in [0, 0.1) is 0 Å². The highest BCUT2D eigenvalue weighted by Gasteiger charge is 2.23. The number of rotatable bonds is 7. The Hall–Kier alpha value is -2.15. The molecular weight excluding hydrogens is 326 g/mol. The zero-order chi connectivity index (χ0) is 17.7. The van der Waals surface area contributed by atoms with Gasteiger partial charge in [-0.3, -0.25) is 9.48 Å². The van der Waals surface area contributed by atoms with Gasteiger partial charge in [0, 0.05) is 25.0 Å². The molecule has 1 amide bonds. The predicted octanol–water partition coefficient (Wildman–Crippen LogP) is 1.83. The topological polar surface area (TPSA) is 72.3 Å². The van der Waals surface area contributed by atoms with Crippen LogP contribution < -0.4 is 0 Å². The van der Waals surface area contributed by atoms with Crippen molar-refractivity contribution in [3.63, 3.8) is 0 Å². The van der Waals surface area contributed by atoms with E-state index in [1.54, 1.807) is 31.8 Å². The largest absolute Gasteiger partial charge is 0.338 e. The maximum absolute atomic E-state index is 12.5. The van der Waals surface area contributed by atoms with E-state index in [1.165, 1.54) is 11.1 Å². The Morgan fingerprint density at radius 1 is 1.29 bits per heavy atom. The van der Waals surface area contributed by atoms with Crippen LogP contribution in [0.4, 0.5) is 0 Å².